The molecule has 1 aromatic carbocycles. The molecule has 0 aliphatic carbocycles. The van der Waals surface area contributed by atoms with Crippen LogP contribution in [-0.4, -0.2) is 25.0 Å². The van der Waals surface area contributed by atoms with Gasteiger partial charge in [0.1, 0.15) is 5.67 Å². The zero-order valence-electron chi connectivity index (χ0n) is 8.43. The SMILES string of the molecule is CN1CCC(F)(c2ccc(F)c(F)c2)C1. The Balaban J connectivity index is 2.33. The highest BCUT2D eigenvalue weighted by molar-refractivity contribution is 5.26. The molecule has 2 rings (SSSR count). The van der Waals surface area contributed by atoms with Crippen LogP contribution in [0.2, 0.25) is 0 Å². The molecule has 0 radical (unpaired) electrons. The zero-order chi connectivity index (χ0) is 11.1. The smallest absolute Gasteiger partial charge is 0.159 e. The molecule has 15 heavy (non-hydrogen) atoms. The van der Waals surface area contributed by atoms with Gasteiger partial charge < -0.3 is 4.90 Å². The minimum absolute atomic E-state index is 0.228. The minimum Gasteiger partial charge on any atom is -0.303 e. The first-order valence-electron chi connectivity index (χ1n) is 4.84. The molecule has 1 unspecified atom stereocenters. The molecule has 1 aromatic rings. The van der Waals surface area contributed by atoms with Crippen LogP contribution in [0.25, 0.3) is 0 Å². The number of likely N-dealkylation sites (N-methyl/N-ethyl adjacent to an activating group) is 1. The van der Waals surface area contributed by atoms with Gasteiger partial charge in [-0.15, -0.1) is 0 Å². The van der Waals surface area contributed by atoms with Crippen LogP contribution in [-0.2, 0) is 5.67 Å². The van der Waals surface area contributed by atoms with Gasteiger partial charge in [-0.05, 0) is 31.2 Å². The van der Waals surface area contributed by atoms with E-state index in [0.29, 0.717) is 13.0 Å². The Morgan fingerprint density at radius 2 is 2.00 bits per heavy atom. The summed E-state index contributed by atoms with van der Waals surface area (Å²) in [5.41, 5.74) is -1.31. The number of nitrogens with zero attached hydrogens (tertiary/aromatic N) is 1. The maximum atomic E-state index is 14.3. The fourth-order valence-electron chi connectivity index (χ4n) is 1.96. The van der Waals surface area contributed by atoms with Gasteiger partial charge in [0.2, 0.25) is 0 Å². The van der Waals surface area contributed by atoms with Crippen molar-refractivity contribution in [2.24, 2.45) is 0 Å². The van der Waals surface area contributed by atoms with Crippen molar-refractivity contribution in [3.05, 3.63) is 35.4 Å². The van der Waals surface area contributed by atoms with Crippen LogP contribution in [0, 0.1) is 11.6 Å². The van der Waals surface area contributed by atoms with Crippen molar-refractivity contribution < 1.29 is 13.2 Å². The van der Waals surface area contributed by atoms with Gasteiger partial charge in [-0.2, -0.15) is 0 Å². The van der Waals surface area contributed by atoms with E-state index in [1.807, 2.05) is 4.90 Å². The molecule has 0 N–H and O–H groups in total. The van der Waals surface area contributed by atoms with E-state index >= 15 is 0 Å². The van der Waals surface area contributed by atoms with E-state index in [2.05, 4.69) is 0 Å². The summed E-state index contributed by atoms with van der Waals surface area (Å²) < 4.78 is 39.9. The highest BCUT2D eigenvalue weighted by Gasteiger charge is 2.38. The van der Waals surface area contributed by atoms with Gasteiger partial charge >= 0.3 is 0 Å². The average molecular weight is 215 g/mol. The third-order valence-electron chi connectivity index (χ3n) is 2.85. The normalized spacial score (nSPS) is 27.2. The zero-order valence-corrected chi connectivity index (χ0v) is 8.43. The third-order valence-corrected chi connectivity index (χ3v) is 2.85. The molecule has 1 fully saturated rings. The summed E-state index contributed by atoms with van der Waals surface area (Å²) in [7, 11) is 1.81. The molecule has 0 aromatic heterocycles. The standard InChI is InChI=1S/C11H12F3N/c1-15-5-4-11(14,7-15)8-2-3-9(12)10(13)6-8/h2-3,6H,4-5,7H2,1H3. The predicted octanol–water partition coefficient (Wildman–Crippen LogP) is 2.47. The van der Waals surface area contributed by atoms with Crippen molar-refractivity contribution in [3.8, 4) is 0 Å². The van der Waals surface area contributed by atoms with Crippen LogP contribution in [0.15, 0.2) is 18.2 Å². The molecule has 1 nitrogen and oxygen atoms in total. The van der Waals surface area contributed by atoms with E-state index in [1.165, 1.54) is 6.07 Å². The Labute approximate surface area is 86.5 Å². The van der Waals surface area contributed by atoms with Crippen LogP contribution in [0.3, 0.4) is 0 Å². The Kier molecular flexibility index (Phi) is 2.46. The molecule has 82 valence electrons. The first-order chi connectivity index (χ1) is 7.01. The monoisotopic (exact) mass is 215 g/mol. The molecular formula is C11H12F3N. The maximum absolute atomic E-state index is 14.3. The van der Waals surface area contributed by atoms with Gasteiger partial charge in [0.05, 0.1) is 0 Å². The van der Waals surface area contributed by atoms with Gasteiger partial charge in [-0.25, -0.2) is 13.2 Å². The summed E-state index contributed by atoms with van der Waals surface area (Å²) in [6.45, 7) is 0.869. The Bertz CT molecular complexity index is 380. The summed E-state index contributed by atoms with van der Waals surface area (Å²) in [5.74, 6) is -1.92. The molecule has 1 atom stereocenters. The fraction of sp³-hybridized carbons (Fsp3) is 0.455. The molecular weight excluding hydrogens is 203 g/mol. The second kappa shape index (κ2) is 3.52. The van der Waals surface area contributed by atoms with Gasteiger partial charge in [-0.1, -0.05) is 6.07 Å². The first kappa shape index (κ1) is 10.5. The van der Waals surface area contributed by atoms with Crippen LogP contribution in [0.5, 0.6) is 0 Å². The lowest BCUT2D eigenvalue weighted by Crippen LogP contribution is -2.24. The van der Waals surface area contributed by atoms with Gasteiger partial charge in [0.25, 0.3) is 0 Å². The second-order valence-corrected chi connectivity index (χ2v) is 4.08. The number of halogens is 3. The molecule has 1 heterocycles. The second-order valence-electron chi connectivity index (χ2n) is 4.08. The van der Waals surface area contributed by atoms with Crippen molar-refractivity contribution in [2.45, 2.75) is 12.1 Å². The summed E-state index contributed by atoms with van der Waals surface area (Å²) in [5, 5.41) is 0. The quantitative estimate of drug-likeness (QED) is 0.695. The van der Waals surface area contributed by atoms with Crippen LogP contribution in [0.4, 0.5) is 13.2 Å². The van der Waals surface area contributed by atoms with Crippen LogP contribution in [0.1, 0.15) is 12.0 Å². The number of likely N-dealkylation sites (tertiary alicyclic amines) is 1. The van der Waals surface area contributed by atoms with E-state index in [1.54, 1.807) is 7.05 Å². The van der Waals surface area contributed by atoms with Gasteiger partial charge in [0, 0.05) is 13.1 Å². The summed E-state index contributed by atoms with van der Waals surface area (Å²) in [6, 6.07) is 3.25. The summed E-state index contributed by atoms with van der Waals surface area (Å²) in [6.07, 6.45) is 0.328. The molecule has 1 saturated heterocycles. The number of rotatable bonds is 1. The van der Waals surface area contributed by atoms with E-state index < -0.39 is 17.3 Å². The number of hydrogen-bond acceptors (Lipinski definition) is 1. The van der Waals surface area contributed by atoms with Crippen molar-refractivity contribution >= 4 is 0 Å². The molecule has 1 aliphatic rings. The van der Waals surface area contributed by atoms with Crippen molar-refractivity contribution in [2.75, 3.05) is 20.1 Å². The molecule has 0 amide bonds. The van der Waals surface area contributed by atoms with Gasteiger partial charge in [-0.3, -0.25) is 0 Å². The Morgan fingerprint density at radius 3 is 2.53 bits per heavy atom. The maximum Gasteiger partial charge on any atom is 0.159 e. The van der Waals surface area contributed by atoms with Crippen LogP contribution >= 0.6 is 0 Å². The molecule has 4 heteroatoms. The largest absolute Gasteiger partial charge is 0.303 e. The number of alkyl halides is 1. The van der Waals surface area contributed by atoms with Crippen molar-refractivity contribution in [1.29, 1.82) is 0 Å². The lowest BCUT2D eigenvalue weighted by Gasteiger charge is -2.19. The highest BCUT2D eigenvalue weighted by Crippen LogP contribution is 2.35. The summed E-state index contributed by atoms with van der Waals surface area (Å²) >= 11 is 0. The summed E-state index contributed by atoms with van der Waals surface area (Å²) in [4.78, 5) is 1.83. The van der Waals surface area contributed by atoms with E-state index in [9.17, 15) is 13.2 Å². The fourth-order valence-corrected chi connectivity index (χ4v) is 1.96. The molecule has 0 bridgehead atoms. The molecule has 0 spiro atoms. The molecule has 0 saturated carbocycles. The topological polar surface area (TPSA) is 3.24 Å². The minimum atomic E-state index is -1.54. The lowest BCUT2D eigenvalue weighted by molar-refractivity contribution is 0.174. The number of hydrogen-bond donors (Lipinski definition) is 0. The number of benzene rings is 1. The Morgan fingerprint density at radius 1 is 1.27 bits per heavy atom. The van der Waals surface area contributed by atoms with Crippen LogP contribution < -0.4 is 0 Å². The van der Waals surface area contributed by atoms with Gasteiger partial charge in [0.15, 0.2) is 11.6 Å². The molecule has 1 aliphatic heterocycles. The first-order valence-corrected chi connectivity index (χ1v) is 4.84. The Hall–Kier alpha value is -1.03. The van der Waals surface area contributed by atoms with Crippen molar-refractivity contribution in [3.63, 3.8) is 0 Å². The highest BCUT2D eigenvalue weighted by atomic mass is 19.2. The van der Waals surface area contributed by atoms with E-state index in [4.69, 9.17) is 0 Å². The van der Waals surface area contributed by atoms with Crippen molar-refractivity contribution in [1.82, 2.24) is 4.90 Å². The average Bonchev–Trinajstić information content (AvgIpc) is 2.52. The van der Waals surface area contributed by atoms with E-state index in [0.717, 1.165) is 12.1 Å². The predicted molar refractivity (Wildman–Crippen MR) is 51.3 cm³/mol. The van der Waals surface area contributed by atoms with E-state index in [-0.39, 0.29) is 12.1 Å². The lowest BCUT2D eigenvalue weighted by atomic mass is 9.95. The third kappa shape index (κ3) is 1.86.